The van der Waals surface area contributed by atoms with Crippen LogP contribution in [0.15, 0.2) is 58.0 Å². The van der Waals surface area contributed by atoms with Crippen LogP contribution in [0.1, 0.15) is 34.2 Å². The first-order chi connectivity index (χ1) is 14.5. The van der Waals surface area contributed by atoms with Gasteiger partial charge < -0.3 is 14.4 Å². The van der Waals surface area contributed by atoms with E-state index in [0.717, 1.165) is 16.8 Å². The highest BCUT2D eigenvalue weighted by molar-refractivity contribution is 5.96. The lowest BCUT2D eigenvalue weighted by Crippen LogP contribution is -2.29. The summed E-state index contributed by atoms with van der Waals surface area (Å²) in [6.07, 6.45) is 1.56. The van der Waals surface area contributed by atoms with E-state index in [1.54, 1.807) is 24.4 Å². The molecule has 4 rings (SSSR count). The van der Waals surface area contributed by atoms with Crippen LogP contribution < -0.4 is 10.7 Å². The molecule has 0 saturated heterocycles. The SMILES string of the molecule is CCn1cc(C(=O)NCc2cc(-c3ccc(C)cc3)on2)c(=O)c2ccc(C)nc21. The van der Waals surface area contributed by atoms with E-state index in [4.69, 9.17) is 4.52 Å². The fraction of sp³-hybridized carbons (Fsp3) is 0.217. The first-order valence-electron chi connectivity index (χ1n) is 9.78. The molecule has 0 aliphatic rings. The van der Waals surface area contributed by atoms with Crippen LogP contribution in [-0.4, -0.2) is 20.6 Å². The molecule has 152 valence electrons. The number of hydrogen-bond donors (Lipinski definition) is 1. The van der Waals surface area contributed by atoms with E-state index in [0.29, 0.717) is 29.0 Å². The average Bonchev–Trinajstić information content (AvgIpc) is 3.22. The molecule has 0 bridgehead atoms. The highest BCUT2D eigenvalue weighted by Gasteiger charge is 2.16. The van der Waals surface area contributed by atoms with Gasteiger partial charge in [0.05, 0.1) is 11.9 Å². The van der Waals surface area contributed by atoms with Gasteiger partial charge in [-0.05, 0) is 32.9 Å². The summed E-state index contributed by atoms with van der Waals surface area (Å²) in [5, 5.41) is 7.20. The lowest BCUT2D eigenvalue weighted by Gasteiger charge is -2.11. The van der Waals surface area contributed by atoms with E-state index < -0.39 is 5.91 Å². The Labute approximate surface area is 173 Å². The Kier molecular flexibility index (Phi) is 5.18. The number of rotatable bonds is 5. The quantitative estimate of drug-likeness (QED) is 0.551. The lowest BCUT2D eigenvalue weighted by molar-refractivity contribution is 0.0948. The van der Waals surface area contributed by atoms with Gasteiger partial charge in [0.15, 0.2) is 5.76 Å². The third-order valence-electron chi connectivity index (χ3n) is 4.97. The van der Waals surface area contributed by atoms with Crippen molar-refractivity contribution >= 4 is 16.9 Å². The van der Waals surface area contributed by atoms with E-state index >= 15 is 0 Å². The van der Waals surface area contributed by atoms with Gasteiger partial charge in [0.2, 0.25) is 5.43 Å². The highest BCUT2D eigenvalue weighted by Crippen LogP contribution is 2.20. The van der Waals surface area contributed by atoms with Crippen LogP contribution >= 0.6 is 0 Å². The Bertz CT molecular complexity index is 1290. The third kappa shape index (κ3) is 3.74. The molecule has 0 unspecified atom stereocenters. The molecule has 30 heavy (non-hydrogen) atoms. The molecule has 0 aliphatic heterocycles. The van der Waals surface area contributed by atoms with Crippen LogP contribution in [0, 0.1) is 13.8 Å². The minimum absolute atomic E-state index is 0.0808. The molecule has 0 atom stereocenters. The molecule has 7 nitrogen and oxygen atoms in total. The van der Waals surface area contributed by atoms with Crippen LogP contribution in [0.25, 0.3) is 22.4 Å². The summed E-state index contributed by atoms with van der Waals surface area (Å²) >= 11 is 0. The molecule has 1 amide bonds. The number of hydrogen-bond acceptors (Lipinski definition) is 5. The normalized spacial score (nSPS) is 11.0. The van der Waals surface area contributed by atoms with Gasteiger partial charge in [-0.25, -0.2) is 4.98 Å². The van der Waals surface area contributed by atoms with E-state index in [1.165, 1.54) is 0 Å². The number of pyridine rings is 2. The van der Waals surface area contributed by atoms with Gasteiger partial charge in [0, 0.05) is 30.1 Å². The minimum atomic E-state index is -0.454. The van der Waals surface area contributed by atoms with Crippen LogP contribution in [0.3, 0.4) is 0 Å². The Morgan fingerprint density at radius 1 is 1.13 bits per heavy atom. The summed E-state index contributed by atoms with van der Waals surface area (Å²) in [7, 11) is 0. The number of aromatic nitrogens is 3. The van der Waals surface area contributed by atoms with Crippen molar-refractivity contribution in [1.29, 1.82) is 0 Å². The maximum atomic E-state index is 12.8. The molecule has 0 fully saturated rings. The molecule has 1 aromatic carbocycles. The number of amides is 1. The highest BCUT2D eigenvalue weighted by atomic mass is 16.5. The maximum absolute atomic E-state index is 12.8. The second-order valence-electron chi connectivity index (χ2n) is 7.21. The van der Waals surface area contributed by atoms with Crippen LogP contribution in [0.4, 0.5) is 0 Å². The first kappa shape index (κ1) is 19.6. The molecule has 0 radical (unpaired) electrons. The van der Waals surface area contributed by atoms with Crippen molar-refractivity contribution in [3.05, 3.63) is 81.4 Å². The monoisotopic (exact) mass is 402 g/mol. The van der Waals surface area contributed by atoms with E-state index in [9.17, 15) is 9.59 Å². The zero-order valence-electron chi connectivity index (χ0n) is 17.1. The molecule has 3 heterocycles. The second kappa shape index (κ2) is 7.94. The van der Waals surface area contributed by atoms with Gasteiger partial charge in [0.25, 0.3) is 5.91 Å². The predicted molar refractivity (Wildman–Crippen MR) is 114 cm³/mol. The number of carbonyl (C=O) groups excluding carboxylic acids is 1. The summed E-state index contributed by atoms with van der Waals surface area (Å²) in [4.78, 5) is 30.0. The maximum Gasteiger partial charge on any atom is 0.257 e. The number of carbonyl (C=O) groups is 1. The zero-order chi connectivity index (χ0) is 21.3. The molecular formula is C23H22N4O3. The largest absolute Gasteiger partial charge is 0.356 e. The Balaban J connectivity index is 1.55. The van der Waals surface area contributed by atoms with Crippen molar-refractivity contribution < 1.29 is 9.32 Å². The molecule has 0 spiro atoms. The molecule has 3 aromatic heterocycles. The molecule has 0 aliphatic carbocycles. The van der Waals surface area contributed by atoms with Gasteiger partial charge in [-0.15, -0.1) is 0 Å². The smallest absolute Gasteiger partial charge is 0.257 e. The van der Waals surface area contributed by atoms with Crippen molar-refractivity contribution in [2.75, 3.05) is 0 Å². The molecule has 7 heteroatoms. The van der Waals surface area contributed by atoms with E-state index in [-0.39, 0.29) is 17.5 Å². The molecule has 4 aromatic rings. The first-order valence-corrected chi connectivity index (χ1v) is 9.78. The summed E-state index contributed by atoms with van der Waals surface area (Å²) in [5.74, 6) is 0.171. The van der Waals surface area contributed by atoms with Crippen molar-refractivity contribution in [2.45, 2.75) is 33.9 Å². The number of fused-ring (bicyclic) bond motifs is 1. The van der Waals surface area contributed by atoms with E-state index in [2.05, 4.69) is 15.5 Å². The number of nitrogens with zero attached hydrogens (tertiary/aromatic N) is 3. The Hall–Kier alpha value is -3.74. The van der Waals surface area contributed by atoms with Crippen LogP contribution in [0.5, 0.6) is 0 Å². The molecule has 1 N–H and O–H groups in total. The van der Waals surface area contributed by atoms with Crippen molar-refractivity contribution in [3.8, 4) is 11.3 Å². The average molecular weight is 402 g/mol. The van der Waals surface area contributed by atoms with Gasteiger partial charge in [-0.3, -0.25) is 9.59 Å². The van der Waals surface area contributed by atoms with Crippen LogP contribution in [0.2, 0.25) is 0 Å². The molecular weight excluding hydrogens is 380 g/mol. The van der Waals surface area contributed by atoms with Gasteiger partial charge in [-0.2, -0.15) is 0 Å². The fourth-order valence-electron chi connectivity index (χ4n) is 3.28. The topological polar surface area (TPSA) is 90.0 Å². The standard InChI is InChI=1S/C23H22N4O3/c1-4-27-13-19(21(28)18-10-7-15(3)25-22(18)27)23(29)24-12-17-11-20(30-26-17)16-8-5-14(2)6-9-16/h5-11,13H,4,12H2,1-3H3,(H,24,29). The van der Waals surface area contributed by atoms with E-state index in [1.807, 2.05) is 49.6 Å². The van der Waals surface area contributed by atoms with Gasteiger partial charge in [0.1, 0.15) is 16.9 Å². The third-order valence-corrected chi connectivity index (χ3v) is 4.97. The van der Waals surface area contributed by atoms with Crippen molar-refractivity contribution in [2.24, 2.45) is 0 Å². The fourth-order valence-corrected chi connectivity index (χ4v) is 3.28. The Morgan fingerprint density at radius 2 is 1.90 bits per heavy atom. The number of aryl methyl sites for hydroxylation is 3. The van der Waals surface area contributed by atoms with Gasteiger partial charge >= 0.3 is 0 Å². The van der Waals surface area contributed by atoms with Crippen molar-refractivity contribution in [1.82, 2.24) is 20.0 Å². The predicted octanol–water partition coefficient (Wildman–Crippen LogP) is 3.62. The zero-order valence-corrected chi connectivity index (χ0v) is 17.1. The summed E-state index contributed by atoms with van der Waals surface area (Å²) in [6, 6.07) is 13.2. The van der Waals surface area contributed by atoms with Gasteiger partial charge in [-0.1, -0.05) is 35.0 Å². The summed E-state index contributed by atoms with van der Waals surface area (Å²) < 4.78 is 7.19. The summed E-state index contributed by atoms with van der Waals surface area (Å²) in [6.45, 7) is 6.58. The van der Waals surface area contributed by atoms with Crippen LogP contribution in [-0.2, 0) is 13.1 Å². The number of benzene rings is 1. The second-order valence-corrected chi connectivity index (χ2v) is 7.21. The Morgan fingerprint density at radius 3 is 2.63 bits per heavy atom. The molecule has 0 saturated carbocycles. The lowest BCUT2D eigenvalue weighted by atomic mass is 10.1. The van der Waals surface area contributed by atoms with Crippen molar-refractivity contribution in [3.63, 3.8) is 0 Å². The number of nitrogens with one attached hydrogen (secondary N) is 1. The minimum Gasteiger partial charge on any atom is -0.356 e. The summed E-state index contributed by atoms with van der Waals surface area (Å²) in [5.41, 5.74) is 3.79.